The quantitative estimate of drug-likeness (QED) is 0.129. The zero-order chi connectivity index (χ0) is 29.1. The summed E-state index contributed by atoms with van der Waals surface area (Å²) in [6.45, 7) is 5.76. The van der Waals surface area contributed by atoms with Gasteiger partial charge in [-0.15, -0.1) is 0 Å². The first-order valence-electron chi connectivity index (χ1n) is 12.8. The third kappa shape index (κ3) is 5.98. The fraction of sp³-hybridized carbons (Fsp3) is 0.200. The summed E-state index contributed by atoms with van der Waals surface area (Å²) in [7, 11) is 0. The van der Waals surface area contributed by atoms with Crippen LogP contribution in [0.1, 0.15) is 26.3 Å². The van der Waals surface area contributed by atoms with Gasteiger partial charge >= 0.3 is 5.97 Å². The number of aromatic nitrogens is 2. The number of esters is 1. The summed E-state index contributed by atoms with van der Waals surface area (Å²) >= 11 is 9.67. The molecule has 0 saturated carbocycles. The second kappa shape index (κ2) is 12.2. The molecule has 9 nitrogen and oxygen atoms in total. The molecular weight excluding hydrogens is 614 g/mol. The first kappa shape index (κ1) is 28.4. The van der Waals surface area contributed by atoms with Crippen molar-refractivity contribution in [2.45, 2.75) is 26.9 Å². The minimum absolute atomic E-state index is 0.226. The average Bonchev–Trinajstić information content (AvgIpc) is 3.37. The summed E-state index contributed by atoms with van der Waals surface area (Å²) in [5.74, 6) is 0.823. The van der Waals surface area contributed by atoms with Gasteiger partial charge in [0.2, 0.25) is 5.82 Å². The van der Waals surface area contributed by atoms with E-state index in [0.29, 0.717) is 55.4 Å². The molecule has 0 aliphatic rings. The van der Waals surface area contributed by atoms with Crippen LogP contribution in [0.5, 0.6) is 11.5 Å². The van der Waals surface area contributed by atoms with E-state index >= 15 is 0 Å². The molecule has 41 heavy (non-hydrogen) atoms. The summed E-state index contributed by atoms with van der Waals surface area (Å²) in [5, 5.41) is 6.25. The molecule has 0 aliphatic heterocycles. The van der Waals surface area contributed by atoms with E-state index in [9.17, 15) is 9.59 Å². The second-order valence-corrected chi connectivity index (χ2v) is 10.2. The van der Waals surface area contributed by atoms with Gasteiger partial charge in [-0.25, -0.2) is 9.78 Å². The number of para-hydroxylation sites is 1. The molecule has 0 radical (unpaired) electrons. The van der Waals surface area contributed by atoms with Crippen molar-refractivity contribution in [3.63, 3.8) is 0 Å². The topological polar surface area (TPSA) is 105 Å². The molecule has 2 aromatic heterocycles. The van der Waals surface area contributed by atoms with E-state index in [-0.39, 0.29) is 18.0 Å². The van der Waals surface area contributed by atoms with E-state index in [1.165, 1.54) is 10.9 Å². The molecule has 0 N–H and O–H groups in total. The molecule has 0 bridgehead atoms. The van der Waals surface area contributed by atoms with Gasteiger partial charge in [0.1, 0.15) is 5.58 Å². The van der Waals surface area contributed by atoms with E-state index in [4.69, 9.17) is 35.2 Å². The Hall–Kier alpha value is -4.15. The molecule has 0 spiro atoms. The van der Waals surface area contributed by atoms with Crippen molar-refractivity contribution >= 4 is 61.6 Å². The van der Waals surface area contributed by atoms with Crippen LogP contribution in [-0.2, 0) is 9.53 Å². The maximum absolute atomic E-state index is 13.6. The van der Waals surface area contributed by atoms with Crippen molar-refractivity contribution in [2.24, 2.45) is 5.10 Å². The van der Waals surface area contributed by atoms with Crippen molar-refractivity contribution in [3.8, 4) is 23.1 Å². The summed E-state index contributed by atoms with van der Waals surface area (Å²) in [6, 6.07) is 17.5. The number of hydrogen-bond donors (Lipinski definition) is 0. The van der Waals surface area contributed by atoms with E-state index in [1.807, 2.05) is 13.0 Å². The van der Waals surface area contributed by atoms with Gasteiger partial charge in [0.05, 0.1) is 34.8 Å². The molecule has 5 rings (SSSR count). The molecule has 11 heteroatoms. The Morgan fingerprint density at radius 3 is 2.73 bits per heavy atom. The lowest BCUT2D eigenvalue weighted by molar-refractivity contribution is -0.150. The van der Waals surface area contributed by atoms with E-state index in [0.717, 1.165) is 5.39 Å². The van der Waals surface area contributed by atoms with Gasteiger partial charge in [-0.3, -0.25) is 4.79 Å². The fourth-order valence-electron chi connectivity index (χ4n) is 4.16. The molecule has 3 aromatic carbocycles. The molecule has 0 fully saturated rings. The Morgan fingerprint density at radius 2 is 1.95 bits per heavy atom. The summed E-state index contributed by atoms with van der Waals surface area (Å²) in [5.41, 5.74) is 1.34. The van der Waals surface area contributed by atoms with Gasteiger partial charge in [0.15, 0.2) is 23.4 Å². The fourth-order valence-corrected chi connectivity index (χ4v) is 4.90. The summed E-state index contributed by atoms with van der Waals surface area (Å²) < 4.78 is 24.5. The third-order valence-electron chi connectivity index (χ3n) is 6.02. The lowest BCUT2D eigenvalue weighted by Crippen LogP contribution is -2.26. The second-order valence-electron chi connectivity index (χ2n) is 8.88. The average molecular weight is 639 g/mol. The lowest BCUT2D eigenvalue weighted by Gasteiger charge is -2.18. The number of rotatable bonds is 9. The molecule has 0 aliphatic carbocycles. The van der Waals surface area contributed by atoms with Crippen LogP contribution in [0.4, 0.5) is 0 Å². The van der Waals surface area contributed by atoms with E-state index < -0.39 is 12.1 Å². The van der Waals surface area contributed by atoms with Crippen LogP contribution in [0.25, 0.3) is 33.5 Å². The van der Waals surface area contributed by atoms with Crippen LogP contribution in [0.2, 0.25) is 5.02 Å². The molecule has 210 valence electrons. The Kier molecular flexibility index (Phi) is 8.41. The smallest absolute Gasteiger partial charge is 0.347 e. The standard InChI is InChI=1S/C30H25BrClN3O6/c1-4-38-25-13-18(12-22(31)27(25)40-17(3)30(37)39-5-2)16-33-35-28(34-23-9-7-6-8-21(23)29(35)36)26-15-19-14-20(32)10-11-24(19)41-26/h6-17H,4-5H2,1-3H3/t17-/m0/s1. The molecule has 0 unspecified atom stereocenters. The molecule has 0 amide bonds. The number of hydrogen-bond acceptors (Lipinski definition) is 8. The highest BCUT2D eigenvalue weighted by Gasteiger charge is 2.21. The normalized spacial score (nSPS) is 12.2. The van der Waals surface area contributed by atoms with Crippen molar-refractivity contribution in [1.29, 1.82) is 0 Å². The first-order chi connectivity index (χ1) is 19.8. The van der Waals surface area contributed by atoms with Gasteiger partial charge in [-0.05, 0) is 90.8 Å². The number of ether oxygens (including phenoxy) is 3. The number of benzene rings is 3. The maximum atomic E-state index is 13.6. The minimum atomic E-state index is -0.853. The van der Waals surface area contributed by atoms with Gasteiger partial charge < -0.3 is 18.6 Å². The minimum Gasteiger partial charge on any atom is -0.490 e. The molecular formula is C30H25BrClN3O6. The van der Waals surface area contributed by atoms with E-state index in [2.05, 4.69) is 21.0 Å². The summed E-state index contributed by atoms with van der Waals surface area (Å²) in [4.78, 5) is 30.4. The van der Waals surface area contributed by atoms with Gasteiger partial charge in [-0.2, -0.15) is 9.78 Å². The van der Waals surface area contributed by atoms with Crippen LogP contribution < -0.4 is 15.0 Å². The van der Waals surface area contributed by atoms with E-state index in [1.54, 1.807) is 68.4 Å². The summed E-state index contributed by atoms with van der Waals surface area (Å²) in [6.07, 6.45) is 0.653. The van der Waals surface area contributed by atoms with Crippen LogP contribution in [0, 0.1) is 0 Å². The predicted octanol–water partition coefficient (Wildman–Crippen LogP) is 6.84. The van der Waals surface area contributed by atoms with Crippen LogP contribution in [0.3, 0.4) is 0 Å². The molecule has 1 atom stereocenters. The highest BCUT2D eigenvalue weighted by atomic mass is 79.9. The van der Waals surface area contributed by atoms with Crippen molar-refractivity contribution in [2.75, 3.05) is 13.2 Å². The number of fused-ring (bicyclic) bond motifs is 2. The Balaban J connectivity index is 1.59. The van der Waals surface area contributed by atoms with Gasteiger partial charge in [0.25, 0.3) is 5.56 Å². The Labute approximate surface area is 248 Å². The molecule has 5 aromatic rings. The lowest BCUT2D eigenvalue weighted by atomic mass is 10.2. The Bertz CT molecular complexity index is 1850. The van der Waals surface area contributed by atoms with Crippen LogP contribution >= 0.6 is 27.5 Å². The zero-order valence-electron chi connectivity index (χ0n) is 22.4. The van der Waals surface area contributed by atoms with Gasteiger partial charge in [-0.1, -0.05) is 23.7 Å². The molecule has 2 heterocycles. The monoisotopic (exact) mass is 637 g/mol. The number of nitrogens with zero attached hydrogens (tertiary/aromatic N) is 3. The maximum Gasteiger partial charge on any atom is 0.347 e. The van der Waals surface area contributed by atoms with Gasteiger partial charge in [0, 0.05) is 10.4 Å². The highest BCUT2D eigenvalue weighted by molar-refractivity contribution is 9.10. The van der Waals surface area contributed by atoms with Crippen molar-refractivity contribution in [3.05, 3.63) is 86.1 Å². The predicted molar refractivity (Wildman–Crippen MR) is 161 cm³/mol. The van der Waals surface area contributed by atoms with Crippen molar-refractivity contribution in [1.82, 2.24) is 9.66 Å². The zero-order valence-corrected chi connectivity index (χ0v) is 24.7. The number of halogens is 2. The van der Waals surface area contributed by atoms with Crippen LogP contribution in [0.15, 0.2) is 79.4 Å². The number of furan rings is 1. The third-order valence-corrected chi connectivity index (χ3v) is 6.84. The highest BCUT2D eigenvalue weighted by Crippen LogP contribution is 2.37. The molecule has 0 saturated heterocycles. The largest absolute Gasteiger partial charge is 0.490 e. The Morgan fingerprint density at radius 1 is 1.15 bits per heavy atom. The van der Waals surface area contributed by atoms with Crippen molar-refractivity contribution < 1.29 is 23.4 Å². The number of carbonyl (C=O) groups is 1. The SMILES string of the molecule is CCOC(=O)[C@H](C)Oc1c(Br)cc(C=Nn2c(-c3cc4cc(Cl)ccc4o3)nc3ccccc3c2=O)cc1OCC. The first-order valence-corrected chi connectivity index (χ1v) is 14.0. The number of carbonyl (C=O) groups excluding carboxylic acids is 1. The van der Waals surface area contributed by atoms with Crippen LogP contribution in [-0.4, -0.2) is 41.2 Å².